The Morgan fingerprint density at radius 3 is 2.47 bits per heavy atom. The van der Waals surface area contributed by atoms with E-state index in [2.05, 4.69) is 6.58 Å². The fraction of sp³-hybridized carbons (Fsp3) is 0.308. The molecule has 0 spiro atoms. The summed E-state index contributed by atoms with van der Waals surface area (Å²) in [6, 6.07) is 8.63. The highest BCUT2D eigenvalue weighted by molar-refractivity contribution is 7.92. The Labute approximate surface area is 113 Å². The molecule has 0 saturated heterocycles. The highest BCUT2D eigenvalue weighted by Crippen LogP contribution is 2.18. The third kappa shape index (κ3) is 4.75. The maximum absolute atomic E-state index is 12.1. The number of anilines is 1. The Kier molecular flexibility index (Phi) is 5.57. The van der Waals surface area contributed by atoms with Crippen LogP contribution < -0.4 is 4.31 Å². The second-order valence-corrected chi connectivity index (χ2v) is 5.91. The quantitative estimate of drug-likeness (QED) is 0.739. The van der Waals surface area contributed by atoms with Crippen LogP contribution in [0.2, 0.25) is 0 Å². The molecule has 1 N–H and O–H groups in total. The molecule has 1 aromatic rings. The van der Waals surface area contributed by atoms with E-state index in [-0.39, 0.29) is 25.1 Å². The summed E-state index contributed by atoms with van der Waals surface area (Å²) in [4.78, 5) is 10.5. The molecule has 0 heterocycles. The topological polar surface area (TPSA) is 74.7 Å². The van der Waals surface area contributed by atoms with Crippen LogP contribution in [0.25, 0.3) is 0 Å². The van der Waals surface area contributed by atoms with E-state index >= 15 is 0 Å². The second-order valence-electron chi connectivity index (χ2n) is 3.97. The number of para-hydroxylation sites is 1. The zero-order chi connectivity index (χ0) is 14.3. The van der Waals surface area contributed by atoms with Crippen LogP contribution in [0.3, 0.4) is 0 Å². The van der Waals surface area contributed by atoms with Gasteiger partial charge in [0, 0.05) is 13.0 Å². The van der Waals surface area contributed by atoms with Crippen LogP contribution in [-0.2, 0) is 14.8 Å². The Bertz CT molecular complexity index is 525. The minimum absolute atomic E-state index is 0.0626. The van der Waals surface area contributed by atoms with E-state index in [1.54, 1.807) is 30.3 Å². The predicted octanol–water partition coefficient (Wildman–Crippen LogP) is 1.87. The molecule has 0 atom stereocenters. The van der Waals surface area contributed by atoms with Gasteiger partial charge in [0.25, 0.3) is 0 Å². The normalized spacial score (nSPS) is 10.9. The first kappa shape index (κ1) is 15.2. The van der Waals surface area contributed by atoms with E-state index in [4.69, 9.17) is 5.11 Å². The molecule has 0 fully saturated rings. The molecule has 0 saturated carbocycles. The Balaban J connectivity index is 2.92. The van der Waals surface area contributed by atoms with Gasteiger partial charge >= 0.3 is 5.97 Å². The molecule has 0 aliphatic rings. The Morgan fingerprint density at radius 1 is 1.32 bits per heavy atom. The van der Waals surface area contributed by atoms with Crippen molar-refractivity contribution in [2.24, 2.45) is 0 Å². The molecule has 19 heavy (non-hydrogen) atoms. The number of nitrogens with zero attached hydrogens (tertiary/aromatic N) is 1. The van der Waals surface area contributed by atoms with Gasteiger partial charge in [0.1, 0.15) is 0 Å². The number of benzene rings is 1. The fourth-order valence-corrected chi connectivity index (χ4v) is 2.96. The van der Waals surface area contributed by atoms with Crippen molar-refractivity contribution in [3.8, 4) is 0 Å². The van der Waals surface area contributed by atoms with Gasteiger partial charge in [0.2, 0.25) is 10.0 Å². The number of hydrogen-bond donors (Lipinski definition) is 1. The molecule has 0 aliphatic heterocycles. The van der Waals surface area contributed by atoms with E-state index in [0.29, 0.717) is 5.69 Å². The van der Waals surface area contributed by atoms with Crippen LogP contribution in [0.4, 0.5) is 5.69 Å². The average molecular weight is 283 g/mol. The van der Waals surface area contributed by atoms with Gasteiger partial charge in [-0.3, -0.25) is 9.10 Å². The third-order valence-electron chi connectivity index (χ3n) is 2.46. The van der Waals surface area contributed by atoms with Crippen molar-refractivity contribution in [2.75, 3.05) is 16.6 Å². The Hall–Kier alpha value is -1.82. The largest absolute Gasteiger partial charge is 0.481 e. The SMILES string of the molecule is C=CCS(=O)(=O)N(CCCC(=O)O)c1ccccc1. The molecule has 0 aromatic heterocycles. The number of carboxylic acid groups (broad SMARTS) is 1. The molecular weight excluding hydrogens is 266 g/mol. The van der Waals surface area contributed by atoms with Crippen molar-refractivity contribution >= 4 is 21.7 Å². The molecule has 0 radical (unpaired) electrons. The molecule has 0 bridgehead atoms. The monoisotopic (exact) mass is 283 g/mol. The fourth-order valence-electron chi connectivity index (χ4n) is 1.64. The molecule has 104 valence electrons. The Morgan fingerprint density at radius 2 is 1.95 bits per heavy atom. The third-order valence-corrected chi connectivity index (χ3v) is 4.18. The second kappa shape index (κ2) is 6.94. The molecule has 0 unspecified atom stereocenters. The van der Waals surface area contributed by atoms with Gasteiger partial charge in [0.05, 0.1) is 11.4 Å². The smallest absolute Gasteiger partial charge is 0.303 e. The van der Waals surface area contributed by atoms with Gasteiger partial charge < -0.3 is 5.11 Å². The average Bonchev–Trinajstić information content (AvgIpc) is 2.35. The first-order valence-corrected chi connectivity index (χ1v) is 7.46. The molecule has 5 nitrogen and oxygen atoms in total. The molecule has 1 aromatic carbocycles. The zero-order valence-corrected chi connectivity index (χ0v) is 11.3. The van der Waals surface area contributed by atoms with E-state index in [1.165, 1.54) is 10.4 Å². The van der Waals surface area contributed by atoms with Crippen LogP contribution in [0.5, 0.6) is 0 Å². The van der Waals surface area contributed by atoms with Gasteiger partial charge in [-0.15, -0.1) is 6.58 Å². The minimum Gasteiger partial charge on any atom is -0.481 e. The van der Waals surface area contributed by atoms with Crippen LogP contribution in [-0.4, -0.2) is 31.8 Å². The summed E-state index contributed by atoms with van der Waals surface area (Å²) in [5.41, 5.74) is 0.537. The van der Waals surface area contributed by atoms with Gasteiger partial charge in [-0.05, 0) is 18.6 Å². The lowest BCUT2D eigenvalue weighted by Crippen LogP contribution is -2.33. The summed E-state index contributed by atoms with van der Waals surface area (Å²) in [6.45, 7) is 3.58. The number of aliphatic carboxylic acids is 1. The van der Waals surface area contributed by atoms with Gasteiger partial charge in [-0.1, -0.05) is 24.3 Å². The predicted molar refractivity (Wildman–Crippen MR) is 74.6 cm³/mol. The van der Waals surface area contributed by atoms with E-state index < -0.39 is 16.0 Å². The van der Waals surface area contributed by atoms with Gasteiger partial charge in [0.15, 0.2) is 0 Å². The lowest BCUT2D eigenvalue weighted by atomic mass is 10.3. The number of rotatable bonds is 8. The highest BCUT2D eigenvalue weighted by atomic mass is 32.2. The number of carboxylic acids is 1. The van der Waals surface area contributed by atoms with Gasteiger partial charge in [-0.2, -0.15) is 0 Å². The molecular formula is C13H17NO4S. The van der Waals surface area contributed by atoms with E-state index in [0.717, 1.165) is 0 Å². The first-order chi connectivity index (χ1) is 8.97. The van der Waals surface area contributed by atoms with Crippen molar-refractivity contribution < 1.29 is 18.3 Å². The zero-order valence-electron chi connectivity index (χ0n) is 10.5. The number of carbonyl (C=O) groups is 1. The minimum atomic E-state index is -3.50. The summed E-state index contributed by atoms with van der Waals surface area (Å²) in [7, 11) is -3.50. The van der Waals surface area contributed by atoms with Crippen molar-refractivity contribution in [1.29, 1.82) is 0 Å². The van der Waals surface area contributed by atoms with E-state index in [9.17, 15) is 13.2 Å². The lowest BCUT2D eigenvalue weighted by Gasteiger charge is -2.23. The summed E-state index contributed by atoms with van der Waals surface area (Å²) in [5.74, 6) is -1.11. The van der Waals surface area contributed by atoms with E-state index in [1.807, 2.05) is 0 Å². The standard InChI is InChI=1S/C13H17NO4S/c1-2-11-19(17,18)14(10-6-9-13(15)16)12-7-4-3-5-8-12/h2-5,7-8H,1,6,9-11H2,(H,15,16). The molecule has 0 amide bonds. The van der Waals surface area contributed by atoms with Crippen molar-refractivity contribution in [3.05, 3.63) is 43.0 Å². The van der Waals surface area contributed by atoms with Crippen molar-refractivity contribution in [1.82, 2.24) is 0 Å². The maximum Gasteiger partial charge on any atom is 0.303 e. The number of sulfonamides is 1. The first-order valence-electron chi connectivity index (χ1n) is 5.85. The van der Waals surface area contributed by atoms with Crippen molar-refractivity contribution in [3.63, 3.8) is 0 Å². The van der Waals surface area contributed by atoms with Crippen LogP contribution in [0.15, 0.2) is 43.0 Å². The molecule has 6 heteroatoms. The number of hydrogen-bond acceptors (Lipinski definition) is 3. The molecule has 0 aliphatic carbocycles. The van der Waals surface area contributed by atoms with Crippen LogP contribution >= 0.6 is 0 Å². The summed E-state index contributed by atoms with van der Waals surface area (Å²) in [6.07, 6.45) is 1.52. The van der Waals surface area contributed by atoms with Crippen LogP contribution in [0.1, 0.15) is 12.8 Å². The van der Waals surface area contributed by atoms with Gasteiger partial charge in [-0.25, -0.2) is 8.42 Å². The maximum atomic E-state index is 12.1. The van der Waals surface area contributed by atoms with Crippen LogP contribution in [0, 0.1) is 0 Å². The van der Waals surface area contributed by atoms with Crippen molar-refractivity contribution in [2.45, 2.75) is 12.8 Å². The highest BCUT2D eigenvalue weighted by Gasteiger charge is 2.20. The summed E-state index contributed by atoms with van der Waals surface area (Å²) >= 11 is 0. The molecule has 1 rings (SSSR count). The lowest BCUT2D eigenvalue weighted by molar-refractivity contribution is -0.137. The summed E-state index contributed by atoms with van der Waals surface area (Å²) < 4.78 is 25.5. The summed E-state index contributed by atoms with van der Waals surface area (Å²) in [5, 5.41) is 8.62.